The Morgan fingerprint density at radius 2 is 2.00 bits per heavy atom. The highest BCUT2D eigenvalue weighted by atomic mass is 32.2. The normalized spacial score (nSPS) is 44.8. The molecule has 7 nitrogen and oxygen atoms in total. The first-order valence-corrected chi connectivity index (χ1v) is 9.76. The topological polar surface area (TPSA) is 116 Å². The van der Waals surface area contributed by atoms with Crippen LogP contribution in [0.4, 0.5) is 0 Å². The van der Waals surface area contributed by atoms with E-state index in [0.29, 0.717) is 6.61 Å². The molecule has 1 saturated carbocycles. The minimum atomic E-state index is -3.65. The van der Waals surface area contributed by atoms with Gasteiger partial charge < -0.3 is 10.5 Å². The Kier molecular flexibility index (Phi) is 3.17. The fourth-order valence-electron chi connectivity index (χ4n) is 3.19. The van der Waals surface area contributed by atoms with Gasteiger partial charge in [-0.15, -0.1) is 0 Å². The van der Waals surface area contributed by atoms with Crippen molar-refractivity contribution in [3.8, 4) is 0 Å². The molecule has 5 unspecified atom stereocenters. The molecule has 3 fully saturated rings. The van der Waals surface area contributed by atoms with Crippen molar-refractivity contribution in [1.29, 1.82) is 0 Å². The van der Waals surface area contributed by atoms with Gasteiger partial charge in [-0.3, -0.25) is 0 Å². The number of sulfone groups is 1. The zero-order valence-electron chi connectivity index (χ0n) is 10.4. The third-order valence-electron chi connectivity index (χ3n) is 4.38. The fraction of sp³-hybridized carbons (Fsp3) is 1.00. The van der Waals surface area contributed by atoms with Gasteiger partial charge in [-0.05, 0) is 12.8 Å². The summed E-state index contributed by atoms with van der Waals surface area (Å²) >= 11 is 0. The highest BCUT2D eigenvalue weighted by Crippen LogP contribution is 2.38. The average Bonchev–Trinajstić information content (AvgIpc) is 2.90. The number of fused-ring (bicyclic) bond motifs is 1. The summed E-state index contributed by atoms with van der Waals surface area (Å²) in [5.41, 5.74) is 5.94. The predicted molar refractivity (Wildman–Crippen MR) is 68.7 cm³/mol. The quantitative estimate of drug-likeness (QED) is 0.636. The molecule has 110 valence electrons. The summed E-state index contributed by atoms with van der Waals surface area (Å²) in [6.07, 6.45) is 0.874. The SMILES string of the molecule is NC1C2CCOC2C1NS(=O)(=O)C1CCS(=O)(=O)C1. The lowest BCUT2D eigenvalue weighted by molar-refractivity contribution is -0.00931. The molecule has 0 spiro atoms. The average molecular weight is 310 g/mol. The first kappa shape index (κ1) is 13.7. The van der Waals surface area contributed by atoms with Crippen LogP contribution in [0.25, 0.3) is 0 Å². The van der Waals surface area contributed by atoms with E-state index in [4.69, 9.17) is 10.5 Å². The number of hydrogen-bond donors (Lipinski definition) is 2. The predicted octanol–water partition coefficient (Wildman–Crippen LogP) is -1.79. The monoisotopic (exact) mass is 310 g/mol. The summed E-state index contributed by atoms with van der Waals surface area (Å²) in [5, 5.41) is -0.856. The first-order valence-electron chi connectivity index (χ1n) is 6.39. The largest absolute Gasteiger partial charge is 0.376 e. The molecular weight excluding hydrogens is 292 g/mol. The molecule has 2 aliphatic heterocycles. The van der Waals surface area contributed by atoms with Crippen LogP contribution in [0, 0.1) is 5.92 Å². The number of nitrogens with one attached hydrogen (secondary N) is 1. The van der Waals surface area contributed by atoms with Gasteiger partial charge in [0.25, 0.3) is 0 Å². The number of hydrogen-bond acceptors (Lipinski definition) is 6. The van der Waals surface area contributed by atoms with Crippen LogP contribution in [0.5, 0.6) is 0 Å². The van der Waals surface area contributed by atoms with Crippen LogP contribution in [0.1, 0.15) is 12.8 Å². The third-order valence-corrected chi connectivity index (χ3v) is 8.24. The number of ether oxygens (including phenoxy) is 1. The van der Waals surface area contributed by atoms with Crippen molar-refractivity contribution >= 4 is 19.9 Å². The molecule has 0 aromatic heterocycles. The van der Waals surface area contributed by atoms with Crippen LogP contribution < -0.4 is 10.5 Å². The van der Waals surface area contributed by atoms with Crippen LogP contribution in [0.2, 0.25) is 0 Å². The van der Waals surface area contributed by atoms with E-state index in [9.17, 15) is 16.8 Å². The van der Waals surface area contributed by atoms with Gasteiger partial charge in [0, 0.05) is 18.6 Å². The molecule has 3 N–H and O–H groups in total. The van der Waals surface area contributed by atoms with E-state index >= 15 is 0 Å². The molecule has 5 atom stereocenters. The number of nitrogens with two attached hydrogens (primary N) is 1. The third kappa shape index (κ3) is 2.31. The summed E-state index contributed by atoms with van der Waals surface area (Å²) in [7, 11) is -6.87. The Hall–Kier alpha value is -0.220. The smallest absolute Gasteiger partial charge is 0.215 e. The maximum Gasteiger partial charge on any atom is 0.215 e. The lowest BCUT2D eigenvalue weighted by Crippen LogP contribution is -2.69. The minimum absolute atomic E-state index is 0.0577. The van der Waals surface area contributed by atoms with Crippen LogP contribution >= 0.6 is 0 Å². The van der Waals surface area contributed by atoms with E-state index in [1.165, 1.54) is 0 Å². The summed E-state index contributed by atoms with van der Waals surface area (Å²) in [6, 6.07) is -0.652. The lowest BCUT2D eigenvalue weighted by atomic mass is 9.73. The second-order valence-corrected chi connectivity index (χ2v) is 9.80. The Bertz CT molecular complexity index is 573. The highest BCUT2D eigenvalue weighted by molar-refractivity contribution is 7.95. The fourth-order valence-corrected chi connectivity index (χ4v) is 7.51. The molecule has 3 aliphatic rings. The zero-order valence-corrected chi connectivity index (χ0v) is 12.0. The van der Waals surface area contributed by atoms with Crippen molar-refractivity contribution < 1.29 is 21.6 Å². The Morgan fingerprint density at radius 3 is 2.63 bits per heavy atom. The van der Waals surface area contributed by atoms with E-state index in [0.717, 1.165) is 6.42 Å². The Morgan fingerprint density at radius 1 is 1.26 bits per heavy atom. The van der Waals surface area contributed by atoms with Crippen molar-refractivity contribution in [2.24, 2.45) is 11.7 Å². The van der Waals surface area contributed by atoms with Gasteiger partial charge in [-0.1, -0.05) is 0 Å². The first-order chi connectivity index (χ1) is 8.80. The summed E-state index contributed by atoms with van der Waals surface area (Å²) < 4.78 is 55.1. The van der Waals surface area contributed by atoms with Crippen molar-refractivity contribution in [2.75, 3.05) is 18.1 Å². The van der Waals surface area contributed by atoms with Gasteiger partial charge in [-0.25, -0.2) is 21.6 Å². The molecule has 2 saturated heterocycles. The van der Waals surface area contributed by atoms with Crippen molar-refractivity contribution in [3.05, 3.63) is 0 Å². The van der Waals surface area contributed by atoms with E-state index < -0.39 is 31.2 Å². The summed E-state index contributed by atoms with van der Waals surface area (Å²) in [5.74, 6) is -0.128. The maximum absolute atomic E-state index is 12.2. The molecule has 19 heavy (non-hydrogen) atoms. The lowest BCUT2D eigenvalue weighted by Gasteiger charge is -2.45. The molecule has 0 bridgehead atoms. The van der Waals surface area contributed by atoms with Crippen LogP contribution in [0.15, 0.2) is 0 Å². The van der Waals surface area contributed by atoms with Crippen molar-refractivity contribution in [1.82, 2.24) is 4.72 Å². The van der Waals surface area contributed by atoms with Crippen molar-refractivity contribution in [2.45, 2.75) is 36.3 Å². The van der Waals surface area contributed by atoms with Crippen LogP contribution in [-0.4, -0.2) is 58.4 Å². The maximum atomic E-state index is 12.2. The van der Waals surface area contributed by atoms with Gasteiger partial charge in [0.15, 0.2) is 9.84 Å². The van der Waals surface area contributed by atoms with Crippen LogP contribution in [-0.2, 0) is 24.6 Å². The molecule has 0 aromatic carbocycles. The van der Waals surface area contributed by atoms with E-state index in [-0.39, 0.29) is 36.0 Å². The molecule has 3 rings (SSSR count). The molecule has 2 heterocycles. The van der Waals surface area contributed by atoms with Crippen LogP contribution in [0.3, 0.4) is 0 Å². The van der Waals surface area contributed by atoms with Gasteiger partial charge in [0.1, 0.15) is 0 Å². The van der Waals surface area contributed by atoms with E-state index in [1.807, 2.05) is 0 Å². The van der Waals surface area contributed by atoms with Gasteiger partial charge in [-0.2, -0.15) is 0 Å². The zero-order chi connectivity index (χ0) is 13.8. The molecular formula is C10H18N2O5S2. The Labute approximate surface area is 112 Å². The number of rotatable bonds is 3. The van der Waals surface area contributed by atoms with E-state index in [2.05, 4.69) is 4.72 Å². The van der Waals surface area contributed by atoms with Gasteiger partial charge in [0.2, 0.25) is 10.0 Å². The highest BCUT2D eigenvalue weighted by Gasteiger charge is 2.54. The minimum Gasteiger partial charge on any atom is -0.376 e. The second kappa shape index (κ2) is 4.39. The summed E-state index contributed by atoms with van der Waals surface area (Å²) in [4.78, 5) is 0. The van der Waals surface area contributed by atoms with Gasteiger partial charge >= 0.3 is 0 Å². The molecule has 1 aliphatic carbocycles. The Balaban J connectivity index is 1.69. The number of sulfonamides is 1. The summed E-state index contributed by atoms with van der Waals surface area (Å²) in [6.45, 7) is 0.610. The van der Waals surface area contributed by atoms with Crippen molar-refractivity contribution in [3.63, 3.8) is 0 Å². The second-order valence-electron chi connectivity index (χ2n) is 5.58. The molecule has 0 radical (unpaired) electrons. The van der Waals surface area contributed by atoms with Gasteiger partial charge in [0.05, 0.1) is 28.9 Å². The van der Waals surface area contributed by atoms with E-state index in [1.54, 1.807) is 0 Å². The molecule has 0 aromatic rings. The molecule has 9 heteroatoms. The molecule has 0 amide bonds. The standard InChI is InChI=1S/C10H18N2O5S2/c11-8-7-1-3-17-10(7)9(8)12-19(15,16)6-2-4-18(13,14)5-6/h6-10,12H,1-5,11H2.